The van der Waals surface area contributed by atoms with Crippen molar-refractivity contribution in [3.05, 3.63) is 29.3 Å². The molecule has 0 amide bonds. The van der Waals surface area contributed by atoms with Gasteiger partial charge in [0.25, 0.3) is 10.1 Å². The van der Waals surface area contributed by atoms with Gasteiger partial charge < -0.3 is 0 Å². The lowest BCUT2D eigenvalue weighted by molar-refractivity contribution is -0.140. The Bertz CT molecular complexity index is 585. The highest BCUT2D eigenvalue weighted by Crippen LogP contribution is 2.36. The molecule has 1 rings (SSSR count). The molecule has 0 heterocycles. The lowest BCUT2D eigenvalue weighted by atomic mass is 10.1. The average Bonchev–Trinajstić information content (AvgIpc) is 2.37. The number of hydrogen-bond donors (Lipinski definition) is 0. The molecule has 0 spiro atoms. The lowest BCUT2D eigenvalue weighted by Crippen LogP contribution is -2.18. The number of benzene rings is 1. The molecule has 1 atom stereocenters. The van der Waals surface area contributed by atoms with Crippen LogP contribution in [-0.2, 0) is 36.0 Å². The van der Waals surface area contributed by atoms with Gasteiger partial charge in [-0.25, -0.2) is 4.18 Å². The van der Waals surface area contributed by atoms with Gasteiger partial charge in [0, 0.05) is 0 Å². The van der Waals surface area contributed by atoms with Gasteiger partial charge in [-0.05, 0) is 22.6 Å². The average molecular weight is 331 g/mol. The first kappa shape index (κ1) is 17.0. The van der Waals surface area contributed by atoms with E-state index in [1.54, 1.807) is 0 Å². The third-order valence-corrected chi connectivity index (χ3v) is 3.98. The van der Waals surface area contributed by atoms with Gasteiger partial charge in [-0.15, -0.1) is 4.52 Å². The Morgan fingerprint density at radius 1 is 1.30 bits per heavy atom. The number of hydrogen-bond acceptors (Lipinski definition) is 5. The van der Waals surface area contributed by atoms with Crippen molar-refractivity contribution < 1.29 is 34.9 Å². The number of rotatable bonds is 6. The fourth-order valence-corrected chi connectivity index (χ4v) is 3.02. The van der Waals surface area contributed by atoms with Gasteiger partial charge in [-0.3, -0.25) is 0 Å². The zero-order valence-electron chi connectivity index (χ0n) is 10.2. The molecule has 0 radical (unpaired) electrons. The summed E-state index contributed by atoms with van der Waals surface area (Å²) in [6.45, 7) is 0.601. The van der Waals surface area contributed by atoms with E-state index in [0.717, 1.165) is 6.07 Å². The summed E-state index contributed by atoms with van der Waals surface area (Å²) in [5.41, 5.74) is -1.33. The lowest BCUT2D eigenvalue weighted by Gasteiger charge is -2.15. The van der Waals surface area contributed by atoms with Crippen molar-refractivity contribution in [2.45, 2.75) is 24.4 Å². The van der Waals surface area contributed by atoms with Crippen molar-refractivity contribution in [2.24, 2.45) is 0 Å². The number of aryl methyl sites for hydroxylation is 1. The Hall–Kier alpha value is -1.02. The maximum atomic E-state index is 12.9. The second-order valence-electron chi connectivity index (χ2n) is 3.56. The molecule has 1 aromatic rings. The van der Waals surface area contributed by atoms with Crippen LogP contribution in [-0.4, -0.2) is 15.2 Å². The molecule has 1 aromatic carbocycles. The summed E-state index contributed by atoms with van der Waals surface area (Å²) in [5, 5.41) is 0. The van der Waals surface area contributed by atoms with Crippen LogP contribution in [0.5, 0.6) is 0 Å². The first-order valence-corrected chi connectivity index (χ1v) is 7.54. The van der Waals surface area contributed by atoms with E-state index < -0.39 is 42.2 Å². The van der Waals surface area contributed by atoms with Crippen LogP contribution in [0.1, 0.15) is 18.1 Å². The second kappa shape index (κ2) is 6.62. The predicted molar refractivity (Wildman–Crippen MR) is 64.0 cm³/mol. The second-order valence-corrected chi connectivity index (χ2v) is 5.57. The Morgan fingerprint density at radius 3 is 2.45 bits per heavy atom. The van der Waals surface area contributed by atoms with Crippen LogP contribution in [0.15, 0.2) is 23.1 Å². The molecule has 0 bridgehead atoms. The summed E-state index contributed by atoms with van der Waals surface area (Å²) >= 11 is 0. The van der Waals surface area contributed by atoms with Gasteiger partial charge in [-0.2, -0.15) is 21.6 Å². The van der Waals surface area contributed by atoms with E-state index in [4.69, 9.17) is 0 Å². The molecule has 0 saturated heterocycles. The highest BCUT2D eigenvalue weighted by atomic mass is 32.2. The van der Waals surface area contributed by atoms with Gasteiger partial charge >= 0.3 is 14.9 Å². The van der Waals surface area contributed by atoms with Crippen LogP contribution in [0.2, 0.25) is 0 Å². The summed E-state index contributed by atoms with van der Waals surface area (Å²) in [6.07, 6.45) is -4.76. The van der Waals surface area contributed by atoms with E-state index >= 15 is 0 Å². The summed E-state index contributed by atoms with van der Waals surface area (Å²) in [6, 6.07) is 3.05. The number of alkyl halides is 3. The van der Waals surface area contributed by atoms with Crippen LogP contribution >= 0.6 is 8.69 Å². The van der Waals surface area contributed by atoms with Gasteiger partial charge in [0.05, 0.1) is 5.56 Å². The standard InChI is InChI=1S/C10H11F3O5PS/c1-2-7-4-3-5-8(10(11,12)13)9(7)20(15,16)18-6-17-19-14/h3-5,19H,2,6H2,1H3/q+1. The first-order valence-electron chi connectivity index (χ1n) is 5.31. The Balaban J connectivity index is 3.37. The van der Waals surface area contributed by atoms with Crippen molar-refractivity contribution in [3.63, 3.8) is 0 Å². The van der Waals surface area contributed by atoms with Crippen LogP contribution in [0.25, 0.3) is 0 Å². The van der Waals surface area contributed by atoms with Gasteiger partial charge in [-0.1, -0.05) is 19.1 Å². The van der Waals surface area contributed by atoms with Crippen molar-refractivity contribution >= 4 is 18.8 Å². The smallest absolute Gasteiger partial charge is 0.232 e. The Kier molecular flexibility index (Phi) is 5.64. The van der Waals surface area contributed by atoms with Gasteiger partial charge in [0.15, 0.2) is 0 Å². The largest absolute Gasteiger partial charge is 0.496 e. The topological polar surface area (TPSA) is 69.7 Å². The quantitative estimate of drug-likeness (QED) is 0.347. The summed E-state index contributed by atoms with van der Waals surface area (Å²) in [4.78, 5) is -0.937. The Labute approximate surface area is 115 Å². The summed E-state index contributed by atoms with van der Waals surface area (Å²) < 4.78 is 80.9. The normalized spacial score (nSPS) is 12.8. The van der Waals surface area contributed by atoms with Gasteiger partial charge in [0.2, 0.25) is 6.79 Å². The molecule has 0 aliphatic rings. The van der Waals surface area contributed by atoms with Gasteiger partial charge in [0.1, 0.15) is 4.90 Å². The van der Waals surface area contributed by atoms with E-state index in [1.807, 2.05) is 0 Å². The van der Waals surface area contributed by atoms with E-state index in [2.05, 4.69) is 8.71 Å². The van der Waals surface area contributed by atoms with Crippen molar-refractivity contribution in [2.75, 3.05) is 6.79 Å². The third-order valence-electron chi connectivity index (χ3n) is 2.35. The molecular formula is C10H11F3O5PS+. The molecule has 112 valence electrons. The molecule has 0 aliphatic heterocycles. The maximum Gasteiger partial charge on any atom is 0.496 e. The van der Waals surface area contributed by atoms with E-state index in [9.17, 15) is 26.2 Å². The highest BCUT2D eigenvalue weighted by molar-refractivity contribution is 7.86. The minimum Gasteiger partial charge on any atom is -0.232 e. The minimum atomic E-state index is -4.84. The molecule has 20 heavy (non-hydrogen) atoms. The van der Waals surface area contributed by atoms with E-state index in [0.29, 0.717) is 6.07 Å². The van der Waals surface area contributed by atoms with Crippen LogP contribution in [0.3, 0.4) is 0 Å². The first-order chi connectivity index (χ1) is 9.24. The monoisotopic (exact) mass is 331 g/mol. The molecule has 10 heteroatoms. The number of halogens is 3. The van der Waals surface area contributed by atoms with Crippen molar-refractivity contribution in [1.29, 1.82) is 0 Å². The molecule has 0 aliphatic carbocycles. The summed E-state index contributed by atoms with van der Waals surface area (Å²) in [7, 11) is -5.94. The molecular weight excluding hydrogens is 320 g/mol. The summed E-state index contributed by atoms with van der Waals surface area (Å²) in [5.74, 6) is 0. The highest BCUT2D eigenvalue weighted by Gasteiger charge is 2.38. The van der Waals surface area contributed by atoms with E-state index in [-0.39, 0.29) is 12.0 Å². The fraction of sp³-hybridized carbons (Fsp3) is 0.400. The van der Waals surface area contributed by atoms with Crippen LogP contribution in [0.4, 0.5) is 13.2 Å². The molecule has 0 aromatic heterocycles. The predicted octanol–water partition coefficient (Wildman–Crippen LogP) is 2.89. The molecule has 0 fully saturated rings. The fourth-order valence-electron chi connectivity index (χ4n) is 1.55. The third kappa shape index (κ3) is 3.99. The maximum absolute atomic E-state index is 12.9. The SMILES string of the molecule is CCc1cccc(C(F)(F)F)c1S(=O)(=O)OCO[PH+]=O. The zero-order chi connectivity index (χ0) is 15.4. The van der Waals surface area contributed by atoms with Crippen LogP contribution < -0.4 is 0 Å². The molecule has 5 nitrogen and oxygen atoms in total. The molecule has 0 N–H and O–H groups in total. The van der Waals surface area contributed by atoms with Crippen molar-refractivity contribution in [1.82, 2.24) is 0 Å². The minimum absolute atomic E-state index is 0.0237. The van der Waals surface area contributed by atoms with Crippen molar-refractivity contribution in [3.8, 4) is 0 Å². The zero-order valence-corrected chi connectivity index (χ0v) is 12.0. The Morgan fingerprint density at radius 2 is 1.95 bits per heavy atom. The van der Waals surface area contributed by atoms with Crippen LogP contribution in [0, 0.1) is 0 Å². The molecule has 1 unspecified atom stereocenters. The van der Waals surface area contributed by atoms with E-state index in [1.165, 1.54) is 13.0 Å². The molecule has 0 saturated carbocycles.